The van der Waals surface area contributed by atoms with Gasteiger partial charge in [0.25, 0.3) is 0 Å². The van der Waals surface area contributed by atoms with Gasteiger partial charge in [0, 0.05) is 7.05 Å². The zero-order valence-electron chi connectivity index (χ0n) is 10.3. The first kappa shape index (κ1) is 12.6. The molecule has 6 heteroatoms. The van der Waals surface area contributed by atoms with Crippen LogP contribution in [0.2, 0.25) is 0 Å². The van der Waals surface area contributed by atoms with Gasteiger partial charge in [-0.1, -0.05) is 30.3 Å². The molecule has 0 aliphatic heterocycles. The molecule has 0 saturated carbocycles. The van der Waals surface area contributed by atoms with Crippen molar-refractivity contribution in [1.29, 1.82) is 0 Å². The lowest BCUT2D eigenvalue weighted by molar-refractivity contribution is 0.600. The van der Waals surface area contributed by atoms with Crippen LogP contribution in [0, 0.1) is 6.92 Å². The van der Waals surface area contributed by atoms with Gasteiger partial charge in [-0.2, -0.15) is 5.10 Å². The molecule has 0 aliphatic carbocycles. The average Bonchev–Trinajstić information content (AvgIpc) is 2.61. The van der Waals surface area contributed by atoms with E-state index in [2.05, 4.69) is 9.82 Å². The highest BCUT2D eigenvalue weighted by Crippen LogP contribution is 2.16. The van der Waals surface area contributed by atoms with Crippen LogP contribution in [0.4, 0.5) is 5.69 Å². The van der Waals surface area contributed by atoms with E-state index < -0.39 is 10.0 Å². The number of benzene rings is 1. The molecule has 0 amide bonds. The third-order valence-electron chi connectivity index (χ3n) is 2.70. The summed E-state index contributed by atoms with van der Waals surface area (Å²) in [6, 6.07) is 9.07. The van der Waals surface area contributed by atoms with Crippen LogP contribution in [-0.2, 0) is 22.8 Å². The van der Waals surface area contributed by atoms with E-state index in [1.54, 1.807) is 23.9 Å². The average molecular weight is 265 g/mol. The zero-order chi connectivity index (χ0) is 13.2. The first-order valence-electron chi connectivity index (χ1n) is 5.51. The standard InChI is InChI=1S/C12H15N3O2S/c1-10-12(8-13-15(10)2)14-18(16,17)9-11-6-4-3-5-7-11/h3-8,14H,9H2,1-2H3. The number of nitrogens with zero attached hydrogens (tertiary/aromatic N) is 2. The fourth-order valence-corrected chi connectivity index (χ4v) is 2.84. The van der Waals surface area contributed by atoms with Gasteiger partial charge in [-0.15, -0.1) is 0 Å². The molecule has 0 spiro atoms. The summed E-state index contributed by atoms with van der Waals surface area (Å²) in [6.07, 6.45) is 1.51. The molecule has 2 rings (SSSR count). The molecule has 0 radical (unpaired) electrons. The number of aryl methyl sites for hydroxylation is 1. The SMILES string of the molecule is Cc1c(NS(=O)(=O)Cc2ccccc2)cnn1C. The quantitative estimate of drug-likeness (QED) is 0.914. The topological polar surface area (TPSA) is 64.0 Å². The monoisotopic (exact) mass is 265 g/mol. The molecule has 0 atom stereocenters. The molecule has 0 fully saturated rings. The first-order chi connectivity index (χ1) is 8.48. The number of aromatic nitrogens is 2. The second-order valence-electron chi connectivity index (χ2n) is 4.11. The van der Waals surface area contributed by atoms with E-state index in [1.165, 1.54) is 6.20 Å². The van der Waals surface area contributed by atoms with E-state index >= 15 is 0 Å². The van der Waals surface area contributed by atoms with Crippen molar-refractivity contribution < 1.29 is 8.42 Å². The third-order valence-corrected chi connectivity index (χ3v) is 3.94. The van der Waals surface area contributed by atoms with Gasteiger partial charge in [-0.3, -0.25) is 9.40 Å². The molecule has 2 aromatic rings. The largest absolute Gasteiger partial charge is 0.280 e. The lowest BCUT2D eigenvalue weighted by Gasteiger charge is -2.07. The minimum Gasteiger partial charge on any atom is -0.280 e. The highest BCUT2D eigenvalue weighted by molar-refractivity contribution is 7.91. The Balaban J connectivity index is 2.16. The number of rotatable bonds is 4. The molecule has 1 aromatic carbocycles. The Kier molecular flexibility index (Phi) is 3.38. The van der Waals surface area contributed by atoms with E-state index in [1.807, 2.05) is 25.1 Å². The Hall–Kier alpha value is -1.82. The summed E-state index contributed by atoms with van der Waals surface area (Å²) in [7, 11) is -1.63. The summed E-state index contributed by atoms with van der Waals surface area (Å²) in [5.41, 5.74) is 2.06. The van der Waals surface area contributed by atoms with E-state index in [9.17, 15) is 8.42 Å². The molecule has 1 aromatic heterocycles. The fraction of sp³-hybridized carbons (Fsp3) is 0.250. The smallest absolute Gasteiger partial charge is 0.237 e. The highest BCUT2D eigenvalue weighted by Gasteiger charge is 2.14. The maximum absolute atomic E-state index is 12.0. The molecular weight excluding hydrogens is 250 g/mol. The molecule has 0 aliphatic rings. The van der Waals surface area contributed by atoms with Gasteiger partial charge in [0.15, 0.2) is 0 Å². The van der Waals surface area contributed by atoms with Crippen LogP contribution in [0.5, 0.6) is 0 Å². The maximum atomic E-state index is 12.0. The van der Waals surface area contributed by atoms with Crippen molar-refractivity contribution in [3.8, 4) is 0 Å². The normalized spacial score (nSPS) is 11.4. The predicted molar refractivity (Wildman–Crippen MR) is 70.6 cm³/mol. The van der Waals surface area contributed by atoms with Crippen LogP contribution in [0.3, 0.4) is 0 Å². The van der Waals surface area contributed by atoms with Crippen molar-refractivity contribution in [2.24, 2.45) is 7.05 Å². The molecule has 1 heterocycles. The van der Waals surface area contributed by atoms with Gasteiger partial charge >= 0.3 is 0 Å². The van der Waals surface area contributed by atoms with Crippen molar-refractivity contribution in [2.75, 3.05) is 4.72 Å². The second-order valence-corrected chi connectivity index (χ2v) is 5.84. The molecule has 18 heavy (non-hydrogen) atoms. The van der Waals surface area contributed by atoms with Gasteiger partial charge < -0.3 is 0 Å². The van der Waals surface area contributed by atoms with Crippen LogP contribution in [0.1, 0.15) is 11.3 Å². The van der Waals surface area contributed by atoms with Crippen molar-refractivity contribution in [1.82, 2.24) is 9.78 Å². The zero-order valence-corrected chi connectivity index (χ0v) is 11.1. The number of sulfonamides is 1. The van der Waals surface area contributed by atoms with E-state index in [4.69, 9.17) is 0 Å². The molecule has 0 saturated heterocycles. The van der Waals surface area contributed by atoms with Crippen molar-refractivity contribution in [2.45, 2.75) is 12.7 Å². The Labute approximate surface area is 107 Å². The van der Waals surface area contributed by atoms with Gasteiger partial charge in [0.1, 0.15) is 0 Å². The Bertz CT molecular complexity index is 633. The molecule has 96 valence electrons. The summed E-state index contributed by atoms with van der Waals surface area (Å²) in [5.74, 6) is -0.0395. The van der Waals surface area contributed by atoms with Gasteiger partial charge in [-0.25, -0.2) is 8.42 Å². The summed E-state index contributed by atoms with van der Waals surface area (Å²) in [5, 5.41) is 4.00. The molecule has 5 nitrogen and oxygen atoms in total. The molecular formula is C12H15N3O2S. The first-order valence-corrected chi connectivity index (χ1v) is 7.16. The van der Waals surface area contributed by atoms with Crippen LogP contribution in [0.25, 0.3) is 0 Å². The van der Waals surface area contributed by atoms with Gasteiger partial charge in [0.05, 0.1) is 23.3 Å². The molecule has 1 N–H and O–H groups in total. The van der Waals surface area contributed by atoms with Crippen LogP contribution in [0.15, 0.2) is 36.5 Å². The Morgan fingerprint density at radius 3 is 2.50 bits per heavy atom. The molecule has 0 bridgehead atoms. The number of anilines is 1. The third kappa shape index (κ3) is 2.89. The van der Waals surface area contributed by atoms with E-state index in [0.717, 1.165) is 11.3 Å². The van der Waals surface area contributed by atoms with Crippen molar-refractivity contribution in [3.05, 3.63) is 47.8 Å². The second kappa shape index (κ2) is 4.81. The van der Waals surface area contributed by atoms with E-state index in [-0.39, 0.29) is 5.75 Å². The number of nitrogens with one attached hydrogen (secondary N) is 1. The minimum absolute atomic E-state index is 0.0395. The number of hydrogen-bond donors (Lipinski definition) is 1. The molecule has 0 unspecified atom stereocenters. The van der Waals surface area contributed by atoms with Crippen molar-refractivity contribution in [3.63, 3.8) is 0 Å². The summed E-state index contributed by atoms with van der Waals surface area (Å²) in [6.45, 7) is 1.81. The Morgan fingerprint density at radius 1 is 1.28 bits per heavy atom. The summed E-state index contributed by atoms with van der Waals surface area (Å²) >= 11 is 0. The van der Waals surface area contributed by atoms with E-state index in [0.29, 0.717) is 5.69 Å². The summed E-state index contributed by atoms with van der Waals surface area (Å²) < 4.78 is 28.1. The van der Waals surface area contributed by atoms with Gasteiger partial charge in [0.2, 0.25) is 10.0 Å². The predicted octanol–water partition coefficient (Wildman–Crippen LogP) is 1.67. The minimum atomic E-state index is -3.40. The lowest BCUT2D eigenvalue weighted by atomic mass is 10.2. The maximum Gasteiger partial charge on any atom is 0.237 e. The van der Waals surface area contributed by atoms with Crippen LogP contribution < -0.4 is 4.72 Å². The number of hydrogen-bond acceptors (Lipinski definition) is 3. The summed E-state index contributed by atoms with van der Waals surface area (Å²) in [4.78, 5) is 0. The fourth-order valence-electron chi connectivity index (χ4n) is 1.60. The lowest BCUT2D eigenvalue weighted by Crippen LogP contribution is -2.15. The van der Waals surface area contributed by atoms with Gasteiger partial charge in [-0.05, 0) is 12.5 Å². The van der Waals surface area contributed by atoms with Crippen LogP contribution >= 0.6 is 0 Å². The Morgan fingerprint density at radius 2 is 1.94 bits per heavy atom. The van der Waals surface area contributed by atoms with Crippen molar-refractivity contribution >= 4 is 15.7 Å². The van der Waals surface area contributed by atoms with Crippen LogP contribution in [-0.4, -0.2) is 18.2 Å². The highest BCUT2D eigenvalue weighted by atomic mass is 32.2.